The monoisotopic (exact) mass is 439 g/mol. The number of aryl methyl sites for hydroxylation is 2. The number of aromatic nitrogens is 1. The van der Waals surface area contributed by atoms with E-state index in [0.29, 0.717) is 29.8 Å². The summed E-state index contributed by atoms with van der Waals surface area (Å²) < 4.78 is 0. The minimum Gasteiger partial charge on any atom is -0.348 e. The van der Waals surface area contributed by atoms with Crippen LogP contribution in [0.2, 0.25) is 0 Å². The van der Waals surface area contributed by atoms with Crippen molar-refractivity contribution >= 4 is 11.8 Å². The molecule has 0 saturated carbocycles. The predicted octanol–water partition coefficient (Wildman–Crippen LogP) is 5.06. The molecule has 5 heteroatoms. The molecule has 0 aliphatic carbocycles. The minimum atomic E-state index is -0.192. The number of carbonyl (C=O) groups is 2. The van der Waals surface area contributed by atoms with E-state index in [4.69, 9.17) is 0 Å². The van der Waals surface area contributed by atoms with E-state index in [1.165, 1.54) is 5.56 Å². The summed E-state index contributed by atoms with van der Waals surface area (Å²) in [4.78, 5) is 33.0. The van der Waals surface area contributed by atoms with Gasteiger partial charge >= 0.3 is 0 Å². The van der Waals surface area contributed by atoms with Crippen LogP contribution in [-0.2, 0) is 6.54 Å². The maximum atomic E-state index is 13.5. The largest absolute Gasteiger partial charge is 0.348 e. The van der Waals surface area contributed by atoms with Crippen molar-refractivity contribution in [1.82, 2.24) is 15.2 Å². The number of hydrogen-bond acceptors (Lipinski definition) is 3. The van der Waals surface area contributed by atoms with Gasteiger partial charge in [-0.3, -0.25) is 14.6 Å². The first kappa shape index (κ1) is 21.4. The number of nitrogens with zero attached hydrogens (tertiary/aromatic N) is 2. The second-order valence-electron chi connectivity index (χ2n) is 9.33. The number of benzene rings is 2. The summed E-state index contributed by atoms with van der Waals surface area (Å²) in [5, 5.41) is 2.98. The number of pyridine rings is 1. The van der Waals surface area contributed by atoms with Gasteiger partial charge in [0.15, 0.2) is 0 Å². The maximum Gasteiger partial charge on any atom is 0.254 e. The van der Waals surface area contributed by atoms with Gasteiger partial charge in [0.05, 0.1) is 0 Å². The SMILES string of the molecule is Cc1ccc(-c2cc(C(=O)NCc3ccc(C)nc3)cc(C(=O)N3C4CCC3CC4)c2)cc1. The second-order valence-corrected chi connectivity index (χ2v) is 9.33. The highest BCUT2D eigenvalue weighted by Crippen LogP contribution is 2.38. The lowest BCUT2D eigenvalue weighted by Gasteiger charge is -2.23. The number of rotatable bonds is 5. The molecule has 168 valence electrons. The molecular formula is C28H29N3O2. The number of amides is 2. The molecule has 3 heterocycles. The average molecular weight is 440 g/mol. The average Bonchev–Trinajstić information content (AvgIpc) is 3.44. The molecule has 33 heavy (non-hydrogen) atoms. The number of hydrogen-bond donors (Lipinski definition) is 1. The van der Waals surface area contributed by atoms with Crippen molar-refractivity contribution in [3.63, 3.8) is 0 Å². The molecule has 1 aromatic heterocycles. The summed E-state index contributed by atoms with van der Waals surface area (Å²) in [6.07, 6.45) is 6.13. The van der Waals surface area contributed by atoms with Crippen LogP contribution >= 0.6 is 0 Å². The van der Waals surface area contributed by atoms with Gasteiger partial charge in [-0.05, 0) is 80.5 Å². The van der Waals surface area contributed by atoms with E-state index >= 15 is 0 Å². The number of nitrogens with one attached hydrogen (secondary N) is 1. The minimum absolute atomic E-state index is 0.0470. The molecule has 2 aliphatic heterocycles. The Balaban J connectivity index is 1.45. The first-order chi connectivity index (χ1) is 16.0. The molecule has 2 bridgehead atoms. The van der Waals surface area contributed by atoms with Crippen molar-refractivity contribution in [2.24, 2.45) is 0 Å². The standard InChI is InChI=1S/C28H29N3O2/c1-18-3-7-21(8-4-18)22-13-23(27(32)30-17-20-6-5-19(2)29-16-20)15-24(14-22)28(33)31-25-9-10-26(31)12-11-25/h3-8,13-16,25-26H,9-12,17H2,1-2H3,(H,30,32). The lowest BCUT2D eigenvalue weighted by atomic mass is 9.98. The van der Waals surface area contributed by atoms with E-state index in [1.807, 2.05) is 50.2 Å². The summed E-state index contributed by atoms with van der Waals surface area (Å²) in [5.74, 6) is -0.145. The first-order valence-electron chi connectivity index (χ1n) is 11.7. The number of fused-ring (bicyclic) bond motifs is 2. The maximum absolute atomic E-state index is 13.5. The second kappa shape index (κ2) is 8.81. The lowest BCUT2D eigenvalue weighted by Crippen LogP contribution is -2.35. The zero-order chi connectivity index (χ0) is 22.9. The molecular weight excluding hydrogens is 410 g/mol. The molecule has 2 fully saturated rings. The molecule has 1 N–H and O–H groups in total. The van der Waals surface area contributed by atoms with Gasteiger partial charge < -0.3 is 10.2 Å². The van der Waals surface area contributed by atoms with Crippen LogP contribution in [0.3, 0.4) is 0 Å². The lowest BCUT2D eigenvalue weighted by molar-refractivity contribution is 0.0730. The topological polar surface area (TPSA) is 62.3 Å². The van der Waals surface area contributed by atoms with Gasteiger partial charge in [-0.25, -0.2) is 0 Å². The van der Waals surface area contributed by atoms with Crippen LogP contribution in [0.25, 0.3) is 11.1 Å². The van der Waals surface area contributed by atoms with Crippen LogP contribution in [0, 0.1) is 13.8 Å². The summed E-state index contributed by atoms with van der Waals surface area (Å²) in [6, 6.07) is 18.3. The van der Waals surface area contributed by atoms with E-state index in [-0.39, 0.29) is 11.8 Å². The first-order valence-corrected chi connectivity index (χ1v) is 11.7. The van der Waals surface area contributed by atoms with E-state index in [2.05, 4.69) is 27.3 Å². The Kier molecular flexibility index (Phi) is 5.71. The molecule has 2 aromatic carbocycles. The summed E-state index contributed by atoms with van der Waals surface area (Å²) in [7, 11) is 0. The third kappa shape index (κ3) is 4.40. The molecule has 2 amide bonds. The van der Waals surface area contributed by atoms with Crippen LogP contribution in [0.15, 0.2) is 60.8 Å². The van der Waals surface area contributed by atoms with Crippen LogP contribution in [-0.4, -0.2) is 33.8 Å². The van der Waals surface area contributed by atoms with Gasteiger partial charge in [-0.15, -0.1) is 0 Å². The van der Waals surface area contributed by atoms with Crippen molar-refractivity contribution < 1.29 is 9.59 Å². The normalized spacial score (nSPS) is 19.0. The third-order valence-corrected chi connectivity index (χ3v) is 6.94. The van der Waals surface area contributed by atoms with Crippen LogP contribution in [0.4, 0.5) is 0 Å². The Hall–Kier alpha value is -3.47. The van der Waals surface area contributed by atoms with Crippen molar-refractivity contribution in [2.75, 3.05) is 0 Å². The Labute approximate surface area is 194 Å². The Morgan fingerprint density at radius 3 is 2.18 bits per heavy atom. The highest BCUT2D eigenvalue weighted by Gasteiger charge is 2.42. The van der Waals surface area contributed by atoms with E-state index in [9.17, 15) is 9.59 Å². The zero-order valence-electron chi connectivity index (χ0n) is 19.2. The highest BCUT2D eigenvalue weighted by atomic mass is 16.2. The van der Waals surface area contributed by atoms with Gasteiger partial charge in [0, 0.05) is 41.6 Å². The summed E-state index contributed by atoms with van der Waals surface area (Å²) in [5.41, 5.74) is 6.02. The van der Waals surface area contributed by atoms with Crippen LogP contribution in [0.1, 0.15) is 63.2 Å². The van der Waals surface area contributed by atoms with Crippen molar-refractivity contribution in [3.05, 3.63) is 88.7 Å². The van der Waals surface area contributed by atoms with Gasteiger partial charge in [0.2, 0.25) is 0 Å². The van der Waals surface area contributed by atoms with Gasteiger partial charge in [0.1, 0.15) is 0 Å². The Morgan fingerprint density at radius 1 is 0.879 bits per heavy atom. The fraction of sp³-hybridized carbons (Fsp3) is 0.321. The fourth-order valence-corrected chi connectivity index (χ4v) is 5.08. The van der Waals surface area contributed by atoms with E-state index < -0.39 is 0 Å². The van der Waals surface area contributed by atoms with Crippen molar-refractivity contribution in [1.29, 1.82) is 0 Å². The summed E-state index contributed by atoms with van der Waals surface area (Å²) in [6.45, 7) is 4.37. The molecule has 5 rings (SSSR count). The third-order valence-electron chi connectivity index (χ3n) is 6.94. The fourth-order valence-electron chi connectivity index (χ4n) is 5.08. The molecule has 3 aromatic rings. The molecule has 0 spiro atoms. The van der Waals surface area contributed by atoms with Gasteiger partial charge in [-0.2, -0.15) is 0 Å². The molecule has 2 aliphatic rings. The molecule has 5 nitrogen and oxygen atoms in total. The Morgan fingerprint density at radius 2 is 1.55 bits per heavy atom. The highest BCUT2D eigenvalue weighted by molar-refractivity contribution is 6.02. The quantitative estimate of drug-likeness (QED) is 0.604. The van der Waals surface area contributed by atoms with Crippen LogP contribution < -0.4 is 5.32 Å². The van der Waals surface area contributed by atoms with Gasteiger partial charge in [0.25, 0.3) is 11.8 Å². The van der Waals surface area contributed by atoms with E-state index in [0.717, 1.165) is 48.1 Å². The Bertz CT molecular complexity index is 1160. The van der Waals surface area contributed by atoms with Crippen molar-refractivity contribution in [3.8, 4) is 11.1 Å². The van der Waals surface area contributed by atoms with Crippen LogP contribution in [0.5, 0.6) is 0 Å². The molecule has 2 saturated heterocycles. The molecule has 0 atom stereocenters. The smallest absolute Gasteiger partial charge is 0.254 e. The molecule has 0 unspecified atom stereocenters. The van der Waals surface area contributed by atoms with Gasteiger partial charge in [-0.1, -0.05) is 35.9 Å². The predicted molar refractivity (Wildman–Crippen MR) is 129 cm³/mol. The van der Waals surface area contributed by atoms with Crippen molar-refractivity contribution in [2.45, 2.75) is 58.2 Å². The van der Waals surface area contributed by atoms with E-state index in [1.54, 1.807) is 12.3 Å². The summed E-state index contributed by atoms with van der Waals surface area (Å²) >= 11 is 0. The number of carbonyl (C=O) groups excluding carboxylic acids is 2. The zero-order valence-corrected chi connectivity index (χ0v) is 19.2. The molecule has 0 radical (unpaired) electrons.